The van der Waals surface area contributed by atoms with Gasteiger partial charge in [-0.05, 0) is 49.0 Å². The molecule has 1 fully saturated rings. The van der Waals surface area contributed by atoms with Gasteiger partial charge in [0.2, 0.25) is 6.79 Å². The van der Waals surface area contributed by atoms with Gasteiger partial charge in [0.1, 0.15) is 11.3 Å². The smallest absolute Gasteiger partial charge is 0.270 e. The van der Waals surface area contributed by atoms with Gasteiger partial charge in [0, 0.05) is 16.7 Å². The third kappa shape index (κ3) is 3.41. The van der Waals surface area contributed by atoms with Gasteiger partial charge in [-0.1, -0.05) is 17.7 Å². The van der Waals surface area contributed by atoms with Crippen molar-refractivity contribution in [1.82, 2.24) is 5.32 Å². The Labute approximate surface area is 176 Å². The van der Waals surface area contributed by atoms with Crippen molar-refractivity contribution in [1.29, 1.82) is 0 Å². The third-order valence-electron chi connectivity index (χ3n) is 4.54. The van der Waals surface area contributed by atoms with Crippen LogP contribution < -0.4 is 24.4 Å². The summed E-state index contributed by atoms with van der Waals surface area (Å²) in [6.45, 7) is 1.94. The third-order valence-corrected chi connectivity index (χ3v) is 5.23. The molecule has 0 atom stereocenters. The molecular formula is C20H15ClN2O5S. The number of aryl methyl sites for hydroxylation is 1. The number of rotatable bonds is 3. The lowest BCUT2D eigenvalue weighted by Gasteiger charge is -2.29. The summed E-state index contributed by atoms with van der Waals surface area (Å²) in [4.78, 5) is 26.9. The summed E-state index contributed by atoms with van der Waals surface area (Å²) in [6.07, 6.45) is 1.43. The molecule has 9 heteroatoms. The van der Waals surface area contributed by atoms with E-state index in [1.807, 2.05) is 6.92 Å². The standard InChI is InChI=1S/C20H15ClN2O5S/c1-10-3-4-12(7-14(10)21)23-19(25)13(18(24)22-20(23)29)5-11-6-16-17(28-9-27-16)8-15(11)26-2/h3-8H,9H2,1-2H3,(H,22,24,29)/b13-5+. The molecule has 2 aliphatic rings. The molecule has 0 radical (unpaired) electrons. The summed E-state index contributed by atoms with van der Waals surface area (Å²) >= 11 is 11.4. The van der Waals surface area contributed by atoms with Gasteiger partial charge < -0.3 is 14.2 Å². The molecule has 0 unspecified atom stereocenters. The number of nitrogens with one attached hydrogen (secondary N) is 1. The highest BCUT2D eigenvalue weighted by Gasteiger charge is 2.35. The maximum Gasteiger partial charge on any atom is 0.270 e. The summed E-state index contributed by atoms with van der Waals surface area (Å²) in [5.74, 6) is 0.285. The van der Waals surface area contributed by atoms with Crippen molar-refractivity contribution in [3.05, 3.63) is 52.1 Å². The highest BCUT2D eigenvalue weighted by molar-refractivity contribution is 7.80. The molecule has 2 amide bonds. The molecule has 148 valence electrons. The van der Waals surface area contributed by atoms with E-state index in [1.165, 1.54) is 18.1 Å². The molecule has 2 aliphatic heterocycles. The Hall–Kier alpha value is -3.10. The number of benzene rings is 2. The van der Waals surface area contributed by atoms with Crippen molar-refractivity contribution in [2.45, 2.75) is 6.92 Å². The topological polar surface area (TPSA) is 77.1 Å². The van der Waals surface area contributed by atoms with E-state index in [4.69, 9.17) is 38.0 Å². The van der Waals surface area contributed by atoms with Gasteiger partial charge in [0.15, 0.2) is 16.6 Å². The number of amides is 2. The molecule has 1 N–H and O–H groups in total. The maximum absolute atomic E-state index is 13.2. The van der Waals surface area contributed by atoms with Gasteiger partial charge in [0.05, 0.1) is 12.8 Å². The van der Waals surface area contributed by atoms with Crippen LogP contribution >= 0.6 is 23.8 Å². The number of fused-ring (bicyclic) bond motifs is 1. The van der Waals surface area contributed by atoms with Crippen LogP contribution in [0.4, 0.5) is 5.69 Å². The Kier molecular flexibility index (Phi) is 4.89. The van der Waals surface area contributed by atoms with Crippen LogP contribution in [0.25, 0.3) is 6.08 Å². The zero-order valence-electron chi connectivity index (χ0n) is 15.4. The summed E-state index contributed by atoms with van der Waals surface area (Å²) in [6, 6.07) is 8.39. The van der Waals surface area contributed by atoms with Gasteiger partial charge in [-0.2, -0.15) is 0 Å². The second kappa shape index (κ2) is 7.38. The van der Waals surface area contributed by atoms with E-state index < -0.39 is 11.8 Å². The molecule has 4 rings (SSSR count). The summed E-state index contributed by atoms with van der Waals surface area (Å²) in [7, 11) is 1.48. The Morgan fingerprint density at radius 1 is 1.21 bits per heavy atom. The normalized spacial score (nSPS) is 17.0. The summed E-state index contributed by atoms with van der Waals surface area (Å²) in [5, 5.41) is 3.01. The molecule has 2 aromatic rings. The molecule has 2 aromatic carbocycles. The van der Waals surface area contributed by atoms with Crippen molar-refractivity contribution < 1.29 is 23.8 Å². The van der Waals surface area contributed by atoms with Crippen LogP contribution in [0.3, 0.4) is 0 Å². The first-order valence-electron chi connectivity index (χ1n) is 8.54. The molecule has 0 spiro atoms. The lowest BCUT2D eigenvalue weighted by molar-refractivity contribution is -0.122. The number of ether oxygens (including phenoxy) is 3. The largest absolute Gasteiger partial charge is 0.496 e. The zero-order chi connectivity index (χ0) is 20.7. The van der Waals surface area contributed by atoms with Gasteiger partial charge in [-0.15, -0.1) is 0 Å². The molecule has 29 heavy (non-hydrogen) atoms. The molecule has 1 saturated heterocycles. The van der Waals surface area contributed by atoms with Crippen molar-refractivity contribution in [3.8, 4) is 17.2 Å². The lowest BCUT2D eigenvalue weighted by atomic mass is 10.1. The fourth-order valence-electron chi connectivity index (χ4n) is 3.00. The number of carbonyl (C=O) groups excluding carboxylic acids is 2. The molecule has 2 heterocycles. The van der Waals surface area contributed by atoms with E-state index in [2.05, 4.69) is 5.32 Å². The number of anilines is 1. The number of halogens is 1. The maximum atomic E-state index is 13.2. The quantitative estimate of drug-likeness (QED) is 0.457. The predicted octanol–water partition coefficient (Wildman–Crippen LogP) is 3.22. The second-order valence-corrected chi connectivity index (χ2v) is 7.13. The molecule has 0 bridgehead atoms. The van der Waals surface area contributed by atoms with Crippen LogP contribution in [0, 0.1) is 6.92 Å². The lowest BCUT2D eigenvalue weighted by Crippen LogP contribution is -2.54. The Morgan fingerprint density at radius 3 is 2.62 bits per heavy atom. The zero-order valence-corrected chi connectivity index (χ0v) is 17.0. The second-order valence-electron chi connectivity index (χ2n) is 6.34. The van der Waals surface area contributed by atoms with E-state index in [0.717, 1.165) is 5.56 Å². The number of hydrogen-bond acceptors (Lipinski definition) is 6. The van der Waals surface area contributed by atoms with Crippen molar-refractivity contribution in [2.24, 2.45) is 0 Å². The molecule has 0 aliphatic carbocycles. The summed E-state index contributed by atoms with van der Waals surface area (Å²) < 4.78 is 16.1. The van der Waals surface area contributed by atoms with Crippen LogP contribution in [0.1, 0.15) is 11.1 Å². The minimum Gasteiger partial charge on any atom is -0.496 e. The molecule has 0 saturated carbocycles. The molecule has 0 aromatic heterocycles. The van der Waals surface area contributed by atoms with Crippen LogP contribution in [0.5, 0.6) is 17.2 Å². The van der Waals surface area contributed by atoms with Gasteiger partial charge in [-0.3, -0.25) is 19.8 Å². The number of nitrogens with zero attached hydrogens (tertiary/aromatic N) is 1. The van der Waals surface area contributed by atoms with Crippen molar-refractivity contribution in [3.63, 3.8) is 0 Å². The highest BCUT2D eigenvalue weighted by atomic mass is 35.5. The number of hydrogen-bond donors (Lipinski definition) is 1. The fraction of sp³-hybridized carbons (Fsp3) is 0.150. The van der Waals surface area contributed by atoms with E-state index >= 15 is 0 Å². The minimum absolute atomic E-state index is 0.0188. The Balaban J connectivity index is 1.77. The van der Waals surface area contributed by atoms with Crippen molar-refractivity contribution in [2.75, 3.05) is 18.8 Å². The van der Waals surface area contributed by atoms with Crippen LogP contribution in [0.2, 0.25) is 5.02 Å². The van der Waals surface area contributed by atoms with Crippen molar-refractivity contribution >= 4 is 52.5 Å². The Morgan fingerprint density at radius 2 is 1.93 bits per heavy atom. The van der Waals surface area contributed by atoms with E-state index in [-0.39, 0.29) is 17.5 Å². The van der Waals surface area contributed by atoms with Crippen LogP contribution in [-0.4, -0.2) is 30.8 Å². The first-order chi connectivity index (χ1) is 13.9. The monoisotopic (exact) mass is 430 g/mol. The first-order valence-corrected chi connectivity index (χ1v) is 9.33. The Bertz CT molecular complexity index is 1100. The average molecular weight is 431 g/mol. The fourth-order valence-corrected chi connectivity index (χ4v) is 3.45. The first kappa shape index (κ1) is 19.2. The SMILES string of the molecule is COc1cc2c(cc1/C=C1\C(=O)NC(=S)N(c3ccc(C)c(Cl)c3)C1=O)OCO2. The number of methoxy groups -OCH3 is 1. The number of thiocarbonyl (C=S) groups is 1. The molecular weight excluding hydrogens is 416 g/mol. The van der Waals surface area contributed by atoms with E-state index in [0.29, 0.717) is 33.5 Å². The molecule has 7 nitrogen and oxygen atoms in total. The van der Waals surface area contributed by atoms with Gasteiger partial charge >= 0.3 is 0 Å². The number of carbonyl (C=O) groups is 2. The van der Waals surface area contributed by atoms with Crippen LogP contribution in [-0.2, 0) is 9.59 Å². The minimum atomic E-state index is -0.603. The average Bonchev–Trinajstić information content (AvgIpc) is 3.14. The highest BCUT2D eigenvalue weighted by Crippen LogP contribution is 2.39. The predicted molar refractivity (Wildman–Crippen MR) is 112 cm³/mol. The van der Waals surface area contributed by atoms with E-state index in [9.17, 15) is 9.59 Å². The van der Waals surface area contributed by atoms with Gasteiger partial charge in [-0.25, -0.2) is 0 Å². The summed E-state index contributed by atoms with van der Waals surface area (Å²) in [5.41, 5.74) is 1.70. The van der Waals surface area contributed by atoms with Crippen LogP contribution in [0.15, 0.2) is 35.9 Å². The van der Waals surface area contributed by atoms with Gasteiger partial charge in [0.25, 0.3) is 11.8 Å². The van der Waals surface area contributed by atoms with E-state index in [1.54, 1.807) is 30.3 Å².